The smallest absolute Gasteiger partial charge is 0.231 e. The van der Waals surface area contributed by atoms with Crippen LogP contribution in [0.5, 0.6) is 17.2 Å². The molecular formula is C22H21N3O4S. The predicted molar refractivity (Wildman–Crippen MR) is 114 cm³/mol. The van der Waals surface area contributed by atoms with Gasteiger partial charge in [-0.25, -0.2) is 0 Å². The number of carbonyl (C=O) groups is 1. The van der Waals surface area contributed by atoms with Crippen molar-refractivity contribution in [1.29, 1.82) is 0 Å². The molecule has 0 atom stereocenters. The van der Waals surface area contributed by atoms with Crippen molar-refractivity contribution < 1.29 is 19.0 Å². The molecule has 1 aliphatic heterocycles. The van der Waals surface area contributed by atoms with Crippen molar-refractivity contribution in [2.45, 2.75) is 11.4 Å². The van der Waals surface area contributed by atoms with Gasteiger partial charge in [-0.2, -0.15) is 0 Å². The van der Waals surface area contributed by atoms with Crippen molar-refractivity contribution in [2.24, 2.45) is 0 Å². The van der Waals surface area contributed by atoms with Crippen LogP contribution in [-0.4, -0.2) is 42.3 Å². The molecule has 0 spiro atoms. The van der Waals surface area contributed by atoms with Gasteiger partial charge in [0.2, 0.25) is 12.7 Å². The molecule has 4 rings (SSSR count). The molecule has 2 aromatic carbocycles. The number of methoxy groups -OCH3 is 1. The molecule has 1 aliphatic rings. The van der Waals surface area contributed by atoms with Gasteiger partial charge in [0.05, 0.1) is 18.6 Å². The Hall–Kier alpha value is -3.26. The van der Waals surface area contributed by atoms with Crippen molar-refractivity contribution in [2.75, 3.05) is 26.2 Å². The van der Waals surface area contributed by atoms with Gasteiger partial charge in [-0.05, 0) is 48.4 Å². The number of hydrogen-bond donors (Lipinski definition) is 1. The molecule has 0 aliphatic carbocycles. The number of hydrogen-bond acceptors (Lipinski definition) is 7. The van der Waals surface area contributed by atoms with Crippen LogP contribution in [0.25, 0.3) is 11.3 Å². The standard InChI is InChI=1S/C22H21N3O4S/c1-27-18-5-3-2-4-15(18)10-11-23-21(26)13-30-22-9-7-17(24-25-22)16-6-8-19-20(12-16)29-14-28-19/h2-9,12H,10-11,13-14H2,1H3,(H,23,26). The van der Waals surface area contributed by atoms with E-state index in [9.17, 15) is 4.79 Å². The number of rotatable bonds is 8. The second-order valence-electron chi connectivity index (χ2n) is 6.53. The van der Waals surface area contributed by atoms with Gasteiger partial charge in [0, 0.05) is 12.1 Å². The molecule has 7 nitrogen and oxygen atoms in total. The van der Waals surface area contributed by atoms with Gasteiger partial charge in [-0.1, -0.05) is 30.0 Å². The number of amides is 1. The summed E-state index contributed by atoms with van der Waals surface area (Å²) in [6, 6.07) is 17.2. The predicted octanol–water partition coefficient (Wildman–Crippen LogP) is 3.33. The number of para-hydroxylation sites is 1. The average Bonchev–Trinajstić information content (AvgIpc) is 3.26. The lowest BCUT2D eigenvalue weighted by atomic mass is 10.1. The molecule has 0 saturated carbocycles. The summed E-state index contributed by atoms with van der Waals surface area (Å²) in [5.41, 5.74) is 2.70. The van der Waals surface area contributed by atoms with Gasteiger partial charge < -0.3 is 19.5 Å². The first-order valence-corrected chi connectivity index (χ1v) is 10.5. The zero-order valence-electron chi connectivity index (χ0n) is 16.5. The molecule has 2 heterocycles. The van der Waals surface area contributed by atoms with Crippen LogP contribution in [0.4, 0.5) is 0 Å². The molecule has 0 saturated heterocycles. The number of nitrogens with zero attached hydrogens (tertiary/aromatic N) is 2. The first-order valence-electron chi connectivity index (χ1n) is 9.48. The number of aromatic nitrogens is 2. The molecule has 0 unspecified atom stereocenters. The summed E-state index contributed by atoms with van der Waals surface area (Å²) < 4.78 is 16.0. The molecule has 154 valence electrons. The van der Waals surface area contributed by atoms with Crippen molar-refractivity contribution >= 4 is 17.7 Å². The van der Waals surface area contributed by atoms with Crippen molar-refractivity contribution in [3.63, 3.8) is 0 Å². The lowest BCUT2D eigenvalue weighted by Crippen LogP contribution is -2.27. The van der Waals surface area contributed by atoms with Crippen LogP contribution in [-0.2, 0) is 11.2 Å². The monoisotopic (exact) mass is 423 g/mol. The lowest BCUT2D eigenvalue weighted by Gasteiger charge is -2.09. The third-order valence-electron chi connectivity index (χ3n) is 4.57. The summed E-state index contributed by atoms with van der Waals surface area (Å²) in [6.45, 7) is 0.787. The molecule has 0 bridgehead atoms. The van der Waals surface area contributed by atoms with Gasteiger partial charge >= 0.3 is 0 Å². The molecule has 8 heteroatoms. The largest absolute Gasteiger partial charge is 0.496 e. The maximum Gasteiger partial charge on any atom is 0.231 e. The zero-order valence-corrected chi connectivity index (χ0v) is 17.3. The van der Waals surface area contributed by atoms with E-state index in [1.165, 1.54) is 11.8 Å². The number of fused-ring (bicyclic) bond motifs is 1. The Morgan fingerprint density at radius 2 is 1.97 bits per heavy atom. The number of thioether (sulfide) groups is 1. The fraction of sp³-hybridized carbons (Fsp3) is 0.227. The fourth-order valence-corrected chi connectivity index (χ4v) is 3.69. The minimum Gasteiger partial charge on any atom is -0.496 e. The molecule has 0 radical (unpaired) electrons. The highest BCUT2D eigenvalue weighted by atomic mass is 32.2. The van der Waals surface area contributed by atoms with Crippen molar-refractivity contribution in [1.82, 2.24) is 15.5 Å². The second-order valence-corrected chi connectivity index (χ2v) is 7.52. The third kappa shape index (κ3) is 4.83. The van der Waals surface area contributed by atoms with Crippen LogP contribution >= 0.6 is 11.8 Å². The quantitative estimate of drug-likeness (QED) is 0.557. The Balaban J connectivity index is 1.25. The second kappa shape index (κ2) is 9.49. The Kier molecular flexibility index (Phi) is 6.34. The van der Waals surface area contributed by atoms with Gasteiger partial charge in [0.25, 0.3) is 0 Å². The van der Waals surface area contributed by atoms with Gasteiger partial charge in [0.1, 0.15) is 10.8 Å². The van der Waals surface area contributed by atoms with Gasteiger partial charge in [-0.15, -0.1) is 10.2 Å². The van der Waals surface area contributed by atoms with Gasteiger partial charge in [0.15, 0.2) is 11.5 Å². The van der Waals surface area contributed by atoms with E-state index >= 15 is 0 Å². The van der Waals surface area contributed by atoms with Crippen LogP contribution in [0.1, 0.15) is 5.56 Å². The van der Waals surface area contributed by atoms with Gasteiger partial charge in [-0.3, -0.25) is 4.79 Å². The van der Waals surface area contributed by atoms with E-state index in [4.69, 9.17) is 14.2 Å². The van der Waals surface area contributed by atoms with E-state index in [2.05, 4.69) is 15.5 Å². The summed E-state index contributed by atoms with van der Waals surface area (Å²) in [7, 11) is 1.65. The third-order valence-corrected chi connectivity index (χ3v) is 5.49. The Morgan fingerprint density at radius 3 is 2.80 bits per heavy atom. The zero-order chi connectivity index (χ0) is 20.8. The number of carbonyl (C=O) groups excluding carboxylic acids is 1. The van der Waals surface area contributed by atoms with Crippen LogP contribution < -0.4 is 19.5 Å². The summed E-state index contributed by atoms with van der Waals surface area (Å²) >= 11 is 1.35. The van der Waals surface area contributed by atoms with Crippen LogP contribution in [0.15, 0.2) is 59.6 Å². The van der Waals surface area contributed by atoms with E-state index in [0.29, 0.717) is 23.7 Å². The highest BCUT2D eigenvalue weighted by Gasteiger charge is 2.14. The fourth-order valence-electron chi connectivity index (χ4n) is 3.04. The minimum absolute atomic E-state index is 0.0449. The minimum atomic E-state index is -0.0449. The number of benzene rings is 2. The number of ether oxygens (including phenoxy) is 3. The maximum atomic E-state index is 12.1. The first kappa shape index (κ1) is 20.0. The topological polar surface area (TPSA) is 82.6 Å². The highest BCUT2D eigenvalue weighted by molar-refractivity contribution is 7.99. The van der Waals surface area contributed by atoms with Crippen molar-refractivity contribution in [3.8, 4) is 28.5 Å². The number of nitrogens with one attached hydrogen (secondary N) is 1. The summed E-state index contributed by atoms with van der Waals surface area (Å²) in [5, 5.41) is 12.1. The summed E-state index contributed by atoms with van der Waals surface area (Å²) in [5.74, 6) is 2.51. The Morgan fingerprint density at radius 1 is 1.10 bits per heavy atom. The van der Waals surface area contributed by atoms with E-state index in [1.54, 1.807) is 7.11 Å². The Labute approximate surface area is 178 Å². The molecular weight excluding hydrogens is 402 g/mol. The summed E-state index contributed by atoms with van der Waals surface area (Å²) in [4.78, 5) is 12.1. The molecule has 1 amide bonds. The maximum absolute atomic E-state index is 12.1. The molecule has 30 heavy (non-hydrogen) atoms. The van der Waals surface area contributed by atoms with Crippen molar-refractivity contribution in [3.05, 3.63) is 60.2 Å². The van der Waals surface area contributed by atoms with E-state index < -0.39 is 0 Å². The van der Waals surface area contributed by atoms with E-state index in [0.717, 1.165) is 28.3 Å². The SMILES string of the molecule is COc1ccccc1CCNC(=O)CSc1ccc(-c2ccc3c(c2)OCO3)nn1. The molecule has 3 aromatic rings. The van der Waals surface area contributed by atoms with Crippen LogP contribution in [0.2, 0.25) is 0 Å². The Bertz CT molecular complexity index is 1030. The molecule has 1 aromatic heterocycles. The van der Waals surface area contributed by atoms with Crippen LogP contribution in [0, 0.1) is 0 Å². The summed E-state index contributed by atoms with van der Waals surface area (Å²) in [6.07, 6.45) is 0.713. The highest BCUT2D eigenvalue weighted by Crippen LogP contribution is 2.35. The first-order chi connectivity index (χ1) is 14.7. The molecule has 0 fully saturated rings. The lowest BCUT2D eigenvalue weighted by molar-refractivity contribution is -0.118. The normalized spacial score (nSPS) is 11.9. The van der Waals surface area contributed by atoms with E-state index in [-0.39, 0.29) is 18.5 Å². The van der Waals surface area contributed by atoms with E-state index in [1.807, 2.05) is 54.6 Å². The average molecular weight is 423 g/mol. The van der Waals surface area contributed by atoms with Crippen LogP contribution in [0.3, 0.4) is 0 Å². The molecule has 1 N–H and O–H groups in total.